The molecule has 0 aliphatic heterocycles. The summed E-state index contributed by atoms with van der Waals surface area (Å²) < 4.78 is 17.0. The third kappa shape index (κ3) is 65.1. The Hall–Kier alpha value is -3.67. The summed E-state index contributed by atoms with van der Waals surface area (Å²) >= 11 is 0. The molecule has 0 saturated carbocycles. The number of ether oxygens (including phenoxy) is 3. The zero-order valence-corrected chi connectivity index (χ0v) is 52.8. The van der Waals surface area contributed by atoms with E-state index >= 15 is 0 Å². The van der Waals surface area contributed by atoms with Crippen LogP contribution in [0.4, 0.5) is 0 Å². The second-order valence-corrected chi connectivity index (χ2v) is 22.7. The number of carbonyl (C=O) groups excluding carboxylic acids is 3. The van der Waals surface area contributed by atoms with Crippen LogP contribution in [-0.4, -0.2) is 37.2 Å². The van der Waals surface area contributed by atoms with Crippen molar-refractivity contribution in [1.29, 1.82) is 0 Å². The summed E-state index contributed by atoms with van der Waals surface area (Å²) in [5.41, 5.74) is 0. The van der Waals surface area contributed by atoms with E-state index in [1.165, 1.54) is 180 Å². The van der Waals surface area contributed by atoms with Crippen LogP contribution in [0.25, 0.3) is 0 Å². The van der Waals surface area contributed by atoms with Crippen molar-refractivity contribution in [3.05, 3.63) is 97.2 Å². The molecule has 6 heteroatoms. The largest absolute Gasteiger partial charge is 0.462 e. The maximum absolute atomic E-state index is 12.9. The quantitative estimate of drug-likeness (QED) is 0.0261. The molecule has 460 valence electrons. The molecule has 0 aliphatic rings. The van der Waals surface area contributed by atoms with Crippen molar-refractivity contribution in [3.8, 4) is 0 Å². The Labute approximate surface area is 496 Å². The van der Waals surface area contributed by atoms with Gasteiger partial charge in [0.05, 0.1) is 0 Å². The number of rotatable bonds is 62. The standard InChI is InChI=1S/C74H128O6/c1-4-7-10-13-16-19-22-25-28-30-32-33-34-35-36-37-38-39-40-41-42-44-46-49-52-55-58-61-64-67-73(76)79-70-71(69-78-72(75)66-63-60-57-54-51-48-45-27-24-21-18-15-12-9-6-3)80-74(77)68-65-62-59-56-53-50-47-43-31-29-26-23-20-17-14-11-8-5-2/h7,10,16,19,25,27-28,32-33,35-36,38-39,41-42,45,71H,4-6,8-9,11-15,17-18,20-24,26,29-31,34,37,40,43-44,46-70H2,1-3H3/b10-7-,19-16-,28-25-,33-32-,36-35-,39-38-,42-41-,45-27-. The molecule has 0 fully saturated rings. The zero-order chi connectivity index (χ0) is 57.8. The number of esters is 3. The molecule has 6 nitrogen and oxygen atoms in total. The highest BCUT2D eigenvalue weighted by Crippen LogP contribution is 2.17. The summed E-state index contributed by atoms with van der Waals surface area (Å²) in [6.45, 7) is 6.55. The average Bonchev–Trinajstić information content (AvgIpc) is 3.46. The lowest BCUT2D eigenvalue weighted by Crippen LogP contribution is -2.30. The molecule has 0 amide bonds. The van der Waals surface area contributed by atoms with Crippen LogP contribution in [0.3, 0.4) is 0 Å². The second kappa shape index (κ2) is 67.8. The summed E-state index contributed by atoms with van der Waals surface area (Å²) in [4.78, 5) is 38.4. The van der Waals surface area contributed by atoms with Gasteiger partial charge in [-0.3, -0.25) is 14.4 Å². The lowest BCUT2D eigenvalue weighted by Gasteiger charge is -2.18. The molecule has 0 aromatic rings. The Morgan fingerprint density at radius 1 is 0.263 bits per heavy atom. The molecule has 0 aliphatic carbocycles. The normalized spacial score (nSPS) is 12.7. The van der Waals surface area contributed by atoms with E-state index in [-0.39, 0.29) is 31.1 Å². The molecule has 0 heterocycles. The van der Waals surface area contributed by atoms with Gasteiger partial charge in [-0.25, -0.2) is 0 Å². The van der Waals surface area contributed by atoms with E-state index in [0.29, 0.717) is 19.3 Å². The van der Waals surface area contributed by atoms with Crippen LogP contribution < -0.4 is 0 Å². The van der Waals surface area contributed by atoms with E-state index in [1.54, 1.807) is 0 Å². The molecule has 0 bridgehead atoms. The Morgan fingerprint density at radius 3 is 0.775 bits per heavy atom. The first-order valence-corrected chi connectivity index (χ1v) is 34.2. The maximum atomic E-state index is 12.9. The van der Waals surface area contributed by atoms with Crippen molar-refractivity contribution in [1.82, 2.24) is 0 Å². The smallest absolute Gasteiger partial charge is 0.306 e. The Bertz CT molecular complexity index is 1560. The van der Waals surface area contributed by atoms with Crippen molar-refractivity contribution in [2.75, 3.05) is 13.2 Å². The van der Waals surface area contributed by atoms with Gasteiger partial charge >= 0.3 is 17.9 Å². The van der Waals surface area contributed by atoms with Gasteiger partial charge in [0.1, 0.15) is 13.2 Å². The number of carbonyl (C=O) groups is 3. The lowest BCUT2D eigenvalue weighted by atomic mass is 10.0. The molecule has 0 radical (unpaired) electrons. The highest BCUT2D eigenvalue weighted by molar-refractivity contribution is 5.71. The van der Waals surface area contributed by atoms with Gasteiger partial charge in [-0.15, -0.1) is 0 Å². The fraction of sp³-hybridized carbons (Fsp3) is 0.743. The van der Waals surface area contributed by atoms with Gasteiger partial charge in [0.15, 0.2) is 6.10 Å². The SMILES string of the molecule is CC/C=C\C/C=C\C/C=C\C/C=C\C/C=C\C/C=C\C/C=C\CCCCCCCCCC(=O)OCC(COC(=O)CCCCCCC/C=C\CCCCCCCC)OC(=O)CCCCCCCCCCCCCCCCCCCC. The van der Waals surface area contributed by atoms with Crippen LogP contribution in [0, 0.1) is 0 Å². The number of unbranched alkanes of at least 4 members (excludes halogenated alkanes) is 35. The lowest BCUT2D eigenvalue weighted by molar-refractivity contribution is -0.167. The van der Waals surface area contributed by atoms with Gasteiger partial charge in [-0.05, 0) is 103 Å². The molecule has 1 unspecified atom stereocenters. The molecule has 0 aromatic heterocycles. The monoisotopic (exact) mass is 1110 g/mol. The van der Waals surface area contributed by atoms with E-state index in [1.807, 2.05) is 0 Å². The van der Waals surface area contributed by atoms with Crippen molar-refractivity contribution >= 4 is 17.9 Å². The van der Waals surface area contributed by atoms with Crippen molar-refractivity contribution < 1.29 is 28.6 Å². The summed E-state index contributed by atoms with van der Waals surface area (Å²) in [7, 11) is 0. The predicted octanol–water partition coefficient (Wildman–Crippen LogP) is 23.6. The van der Waals surface area contributed by atoms with Crippen LogP contribution in [0.1, 0.15) is 335 Å². The summed E-state index contributed by atoms with van der Waals surface area (Å²) in [5, 5.41) is 0. The highest BCUT2D eigenvalue weighted by atomic mass is 16.6. The third-order valence-electron chi connectivity index (χ3n) is 14.8. The molecule has 0 spiro atoms. The minimum atomic E-state index is -0.786. The van der Waals surface area contributed by atoms with E-state index < -0.39 is 6.10 Å². The fourth-order valence-corrected chi connectivity index (χ4v) is 9.71. The highest BCUT2D eigenvalue weighted by Gasteiger charge is 2.19. The van der Waals surface area contributed by atoms with Gasteiger partial charge in [0.25, 0.3) is 0 Å². The number of hydrogen-bond donors (Lipinski definition) is 0. The Balaban J connectivity index is 4.34. The van der Waals surface area contributed by atoms with Crippen molar-refractivity contribution in [3.63, 3.8) is 0 Å². The van der Waals surface area contributed by atoms with E-state index in [0.717, 1.165) is 116 Å². The van der Waals surface area contributed by atoms with Crippen LogP contribution >= 0.6 is 0 Å². The summed E-state index contributed by atoms with van der Waals surface area (Å²) in [5.74, 6) is -0.885. The first-order valence-electron chi connectivity index (χ1n) is 34.2. The van der Waals surface area contributed by atoms with Gasteiger partial charge in [0.2, 0.25) is 0 Å². The van der Waals surface area contributed by atoms with E-state index in [2.05, 4.69) is 118 Å². The second-order valence-electron chi connectivity index (χ2n) is 22.7. The van der Waals surface area contributed by atoms with Crippen molar-refractivity contribution in [2.24, 2.45) is 0 Å². The molecule has 0 N–H and O–H groups in total. The topological polar surface area (TPSA) is 78.9 Å². The van der Waals surface area contributed by atoms with Gasteiger partial charge < -0.3 is 14.2 Å². The average molecular weight is 1110 g/mol. The van der Waals surface area contributed by atoms with Crippen LogP contribution in [0.15, 0.2) is 97.2 Å². The molecule has 0 saturated heterocycles. The van der Waals surface area contributed by atoms with Crippen LogP contribution in [-0.2, 0) is 28.6 Å². The van der Waals surface area contributed by atoms with Gasteiger partial charge in [-0.2, -0.15) is 0 Å². The summed E-state index contributed by atoms with van der Waals surface area (Å²) in [6, 6.07) is 0. The maximum Gasteiger partial charge on any atom is 0.306 e. The molecular weight excluding hydrogens is 985 g/mol. The van der Waals surface area contributed by atoms with E-state index in [9.17, 15) is 14.4 Å². The third-order valence-corrected chi connectivity index (χ3v) is 14.8. The van der Waals surface area contributed by atoms with E-state index in [4.69, 9.17) is 14.2 Å². The fourth-order valence-electron chi connectivity index (χ4n) is 9.71. The molecule has 1 atom stereocenters. The Morgan fingerprint density at radius 2 is 0.487 bits per heavy atom. The van der Waals surface area contributed by atoms with Crippen LogP contribution in [0.5, 0.6) is 0 Å². The number of allylic oxidation sites excluding steroid dienone is 16. The molecular formula is C74H128O6. The zero-order valence-electron chi connectivity index (χ0n) is 52.8. The molecule has 0 rings (SSSR count). The molecule has 0 aromatic carbocycles. The Kier molecular flexibility index (Phi) is 64.7. The minimum absolute atomic E-state index is 0.0820. The predicted molar refractivity (Wildman–Crippen MR) is 348 cm³/mol. The first kappa shape index (κ1) is 76.3. The molecule has 80 heavy (non-hydrogen) atoms. The van der Waals surface area contributed by atoms with Gasteiger partial charge in [-0.1, -0.05) is 311 Å². The number of hydrogen-bond acceptors (Lipinski definition) is 6. The van der Waals surface area contributed by atoms with Crippen molar-refractivity contribution in [2.45, 2.75) is 341 Å². The summed E-state index contributed by atoms with van der Waals surface area (Å²) in [6.07, 6.45) is 91.3. The first-order chi connectivity index (χ1) is 39.5. The van der Waals surface area contributed by atoms with Gasteiger partial charge in [0, 0.05) is 19.3 Å². The minimum Gasteiger partial charge on any atom is -0.462 e. The van der Waals surface area contributed by atoms with Crippen LogP contribution in [0.2, 0.25) is 0 Å².